The summed E-state index contributed by atoms with van der Waals surface area (Å²) in [7, 11) is 0. The lowest BCUT2D eigenvalue weighted by atomic mass is 10.2. The molecule has 128 valence electrons. The zero-order valence-electron chi connectivity index (χ0n) is 14.0. The van der Waals surface area contributed by atoms with Crippen LogP contribution in [0.1, 0.15) is 0 Å². The molecule has 1 fully saturated rings. The van der Waals surface area contributed by atoms with Gasteiger partial charge in [0, 0.05) is 53.9 Å². The molecule has 0 atom stereocenters. The maximum absolute atomic E-state index is 12.5. The molecule has 2 aromatic carbocycles. The summed E-state index contributed by atoms with van der Waals surface area (Å²) in [6.07, 6.45) is 2.00. The lowest BCUT2D eigenvalue weighted by Gasteiger charge is -2.36. The normalized spacial score (nSPS) is 14.9. The molecule has 0 unspecified atom stereocenters. The van der Waals surface area contributed by atoms with Crippen molar-refractivity contribution in [1.82, 2.24) is 9.88 Å². The van der Waals surface area contributed by atoms with Gasteiger partial charge in [0.1, 0.15) is 0 Å². The molecule has 0 bridgehead atoms. The third-order valence-corrected chi connectivity index (χ3v) is 5.70. The number of amides is 1. The highest BCUT2D eigenvalue weighted by atomic mass is 32.2. The lowest BCUT2D eigenvalue weighted by Crippen LogP contribution is -2.49. The topological polar surface area (TPSA) is 39.3 Å². The minimum absolute atomic E-state index is 0.225. The molecule has 0 saturated carbocycles. The Balaban J connectivity index is 1.32. The Kier molecular flexibility index (Phi) is 4.65. The summed E-state index contributed by atoms with van der Waals surface area (Å²) in [5.41, 5.74) is 2.36. The van der Waals surface area contributed by atoms with E-state index in [0.717, 1.165) is 36.6 Å². The number of para-hydroxylation sites is 2. The number of nitrogens with zero attached hydrogens (tertiary/aromatic N) is 2. The van der Waals surface area contributed by atoms with Crippen LogP contribution in [0.4, 0.5) is 5.69 Å². The highest BCUT2D eigenvalue weighted by Crippen LogP contribution is 2.28. The minimum Gasteiger partial charge on any atom is -0.368 e. The molecule has 2 heterocycles. The number of anilines is 1. The van der Waals surface area contributed by atoms with Gasteiger partial charge in [0.15, 0.2) is 0 Å². The average molecular weight is 351 g/mol. The van der Waals surface area contributed by atoms with Crippen LogP contribution in [-0.4, -0.2) is 47.7 Å². The smallest absolute Gasteiger partial charge is 0.233 e. The summed E-state index contributed by atoms with van der Waals surface area (Å²) in [6.45, 7) is 3.38. The Hall–Kier alpha value is -2.40. The molecule has 1 aliphatic heterocycles. The molecule has 25 heavy (non-hydrogen) atoms. The second-order valence-electron chi connectivity index (χ2n) is 6.19. The van der Waals surface area contributed by atoms with Gasteiger partial charge in [0.25, 0.3) is 0 Å². The van der Waals surface area contributed by atoms with E-state index < -0.39 is 0 Å². The van der Waals surface area contributed by atoms with Crippen molar-refractivity contribution < 1.29 is 4.79 Å². The molecule has 1 saturated heterocycles. The van der Waals surface area contributed by atoms with Crippen LogP contribution in [0.3, 0.4) is 0 Å². The standard InChI is InChI=1S/C20H21N3OS/c24-20(15-25-19-14-21-18-9-5-4-8-17(18)19)23-12-10-22(11-13-23)16-6-2-1-3-7-16/h1-9,14,21H,10-13,15H2. The van der Waals surface area contributed by atoms with Crippen molar-refractivity contribution >= 4 is 34.3 Å². The number of benzene rings is 2. The monoisotopic (exact) mass is 351 g/mol. The summed E-state index contributed by atoms with van der Waals surface area (Å²) in [6, 6.07) is 18.6. The molecule has 4 nitrogen and oxygen atoms in total. The van der Waals surface area contributed by atoms with Gasteiger partial charge in [-0.3, -0.25) is 4.79 Å². The molecule has 1 aliphatic rings. The van der Waals surface area contributed by atoms with Crippen molar-refractivity contribution in [1.29, 1.82) is 0 Å². The molecular formula is C20H21N3OS. The van der Waals surface area contributed by atoms with Crippen LogP contribution < -0.4 is 4.90 Å². The molecule has 5 heteroatoms. The number of H-pyrrole nitrogens is 1. The summed E-state index contributed by atoms with van der Waals surface area (Å²) < 4.78 is 0. The van der Waals surface area contributed by atoms with E-state index in [1.54, 1.807) is 11.8 Å². The Morgan fingerprint density at radius 1 is 0.960 bits per heavy atom. The maximum atomic E-state index is 12.5. The summed E-state index contributed by atoms with van der Waals surface area (Å²) >= 11 is 1.62. The fourth-order valence-electron chi connectivity index (χ4n) is 3.25. The SMILES string of the molecule is O=C(CSc1c[nH]c2ccccc12)N1CCN(c2ccccc2)CC1. The number of aromatic nitrogens is 1. The average Bonchev–Trinajstić information content (AvgIpc) is 3.10. The van der Waals surface area contributed by atoms with Gasteiger partial charge in [-0.25, -0.2) is 0 Å². The van der Waals surface area contributed by atoms with Crippen LogP contribution in [0, 0.1) is 0 Å². The van der Waals surface area contributed by atoms with Crippen LogP contribution in [0.15, 0.2) is 65.7 Å². The first-order valence-electron chi connectivity index (χ1n) is 8.58. The van der Waals surface area contributed by atoms with Crippen molar-refractivity contribution in [2.45, 2.75) is 4.90 Å². The van der Waals surface area contributed by atoms with Gasteiger partial charge < -0.3 is 14.8 Å². The Labute approximate surface area is 151 Å². The Morgan fingerprint density at radius 2 is 1.68 bits per heavy atom. The van der Waals surface area contributed by atoms with Gasteiger partial charge in [0.05, 0.1) is 5.75 Å². The number of fused-ring (bicyclic) bond motifs is 1. The van der Waals surface area contributed by atoms with E-state index in [9.17, 15) is 4.79 Å². The van der Waals surface area contributed by atoms with Gasteiger partial charge in [-0.05, 0) is 18.2 Å². The lowest BCUT2D eigenvalue weighted by molar-refractivity contribution is -0.128. The number of rotatable bonds is 4. The summed E-state index contributed by atoms with van der Waals surface area (Å²) in [5.74, 6) is 0.718. The van der Waals surface area contributed by atoms with Crippen LogP contribution in [-0.2, 0) is 4.79 Å². The second-order valence-corrected chi connectivity index (χ2v) is 7.21. The van der Waals surface area contributed by atoms with E-state index in [0.29, 0.717) is 5.75 Å². The summed E-state index contributed by atoms with van der Waals surface area (Å²) in [5, 5.41) is 1.19. The Bertz CT molecular complexity index is 854. The molecule has 1 amide bonds. The van der Waals surface area contributed by atoms with Gasteiger partial charge in [-0.15, -0.1) is 11.8 Å². The number of thioether (sulfide) groups is 1. The van der Waals surface area contributed by atoms with Crippen molar-refractivity contribution in [3.8, 4) is 0 Å². The van der Waals surface area contributed by atoms with Gasteiger partial charge in [0.2, 0.25) is 5.91 Å². The van der Waals surface area contributed by atoms with Crippen molar-refractivity contribution in [2.24, 2.45) is 0 Å². The quantitative estimate of drug-likeness (QED) is 0.730. The number of hydrogen-bond acceptors (Lipinski definition) is 3. The van der Waals surface area contributed by atoms with Crippen LogP contribution in [0.2, 0.25) is 0 Å². The van der Waals surface area contributed by atoms with E-state index >= 15 is 0 Å². The first kappa shape index (κ1) is 16.1. The van der Waals surface area contributed by atoms with E-state index in [-0.39, 0.29) is 5.91 Å². The molecule has 0 radical (unpaired) electrons. The predicted octanol–water partition coefficient (Wildman–Crippen LogP) is 3.61. The molecule has 1 aromatic heterocycles. The zero-order valence-corrected chi connectivity index (χ0v) is 14.8. The molecule has 0 spiro atoms. The molecular weight excluding hydrogens is 330 g/mol. The fourth-order valence-corrected chi connectivity index (χ4v) is 4.19. The maximum Gasteiger partial charge on any atom is 0.233 e. The highest BCUT2D eigenvalue weighted by molar-refractivity contribution is 8.00. The number of carbonyl (C=O) groups is 1. The van der Waals surface area contributed by atoms with Gasteiger partial charge >= 0.3 is 0 Å². The van der Waals surface area contributed by atoms with Crippen LogP contribution in [0.5, 0.6) is 0 Å². The summed E-state index contributed by atoms with van der Waals surface area (Å²) in [4.78, 5) is 21.3. The second kappa shape index (κ2) is 7.23. The first-order valence-corrected chi connectivity index (χ1v) is 9.56. The van der Waals surface area contributed by atoms with Crippen LogP contribution >= 0.6 is 11.8 Å². The number of hydrogen-bond donors (Lipinski definition) is 1. The molecule has 3 aromatic rings. The number of aromatic amines is 1. The number of carbonyl (C=O) groups excluding carboxylic acids is 1. The molecule has 1 N–H and O–H groups in total. The van der Waals surface area contributed by atoms with Crippen molar-refractivity contribution in [3.63, 3.8) is 0 Å². The predicted molar refractivity (Wildman–Crippen MR) is 104 cm³/mol. The molecule has 4 rings (SSSR count). The zero-order chi connectivity index (χ0) is 17.1. The Morgan fingerprint density at radius 3 is 2.48 bits per heavy atom. The van der Waals surface area contributed by atoms with Gasteiger partial charge in [-0.1, -0.05) is 36.4 Å². The van der Waals surface area contributed by atoms with E-state index in [4.69, 9.17) is 0 Å². The van der Waals surface area contributed by atoms with E-state index in [1.807, 2.05) is 29.3 Å². The number of piperazine rings is 1. The van der Waals surface area contributed by atoms with Crippen molar-refractivity contribution in [3.05, 3.63) is 60.8 Å². The van der Waals surface area contributed by atoms with Gasteiger partial charge in [-0.2, -0.15) is 0 Å². The third-order valence-electron chi connectivity index (χ3n) is 4.66. The number of nitrogens with one attached hydrogen (secondary N) is 1. The molecule has 0 aliphatic carbocycles. The van der Waals surface area contributed by atoms with Crippen LogP contribution in [0.25, 0.3) is 10.9 Å². The van der Waals surface area contributed by atoms with Crippen molar-refractivity contribution in [2.75, 3.05) is 36.8 Å². The fraction of sp³-hybridized carbons (Fsp3) is 0.250. The first-order chi connectivity index (χ1) is 12.3. The third kappa shape index (κ3) is 3.51. The minimum atomic E-state index is 0.225. The van der Waals surface area contributed by atoms with E-state index in [1.165, 1.54) is 11.1 Å². The van der Waals surface area contributed by atoms with E-state index in [2.05, 4.69) is 46.3 Å². The largest absolute Gasteiger partial charge is 0.368 e. The highest BCUT2D eigenvalue weighted by Gasteiger charge is 2.21.